The first-order valence-electron chi connectivity index (χ1n) is 7.15. The van der Waals surface area contributed by atoms with Crippen LogP contribution in [0.15, 0.2) is 17.1 Å². The normalized spacial score (nSPS) is 19.6. The van der Waals surface area contributed by atoms with Crippen LogP contribution in [0.4, 0.5) is 0 Å². The lowest BCUT2D eigenvalue weighted by atomic mass is 10.3. The number of rotatable bonds is 1. The topological polar surface area (TPSA) is 131 Å². The van der Waals surface area contributed by atoms with Crippen LogP contribution in [0.5, 0.6) is 0 Å². The molecule has 25 heavy (non-hydrogen) atoms. The second kappa shape index (κ2) is 10.7. The molecule has 0 bridgehead atoms. The van der Waals surface area contributed by atoms with Gasteiger partial charge in [0.2, 0.25) is 17.7 Å². The lowest BCUT2D eigenvalue weighted by Gasteiger charge is -2.07. The number of hydrogen-bond acceptors (Lipinski definition) is 8. The first-order valence-corrected chi connectivity index (χ1v) is 7.15. The molecular weight excluding hydrogens is 334 g/mol. The fourth-order valence-corrected chi connectivity index (χ4v) is 1.44. The molecule has 0 spiro atoms. The highest BCUT2D eigenvalue weighted by atomic mass is 16.6. The molecule has 1 N–H and O–H groups in total. The zero-order valence-corrected chi connectivity index (χ0v) is 14.7. The molecule has 2 heterocycles. The quantitative estimate of drug-likeness (QED) is 0.480. The predicted molar refractivity (Wildman–Crippen MR) is 86.3 cm³/mol. The highest BCUT2D eigenvalue weighted by molar-refractivity contribution is 6.07. The first kappa shape index (κ1) is 22.0. The van der Waals surface area contributed by atoms with Crippen LogP contribution in [0.2, 0.25) is 0 Å². The first-order chi connectivity index (χ1) is 11.6. The number of carbonyl (C=O) groups is 5. The molecule has 0 saturated carbocycles. The Balaban J connectivity index is 0.000000382. The third kappa shape index (κ3) is 8.39. The van der Waals surface area contributed by atoms with E-state index >= 15 is 0 Å². The molecule has 138 valence electrons. The average Bonchev–Trinajstić information content (AvgIpc) is 3.07. The molecule has 10 heteroatoms. The molecule has 0 aromatic heterocycles. The van der Waals surface area contributed by atoms with Crippen LogP contribution in [0.3, 0.4) is 0 Å². The van der Waals surface area contributed by atoms with E-state index in [4.69, 9.17) is 0 Å². The average molecular weight is 355 g/mol. The Morgan fingerprint density at radius 1 is 1.28 bits per heavy atom. The fourth-order valence-electron chi connectivity index (χ4n) is 1.44. The summed E-state index contributed by atoms with van der Waals surface area (Å²) in [6.45, 7) is 2.68. The summed E-state index contributed by atoms with van der Waals surface area (Å²) >= 11 is 0. The number of amides is 3. The minimum absolute atomic E-state index is 0.00463. The minimum Gasteiger partial charge on any atom is -0.452 e. The number of nitrogens with zero attached hydrogens (tertiary/aromatic N) is 2. The van der Waals surface area contributed by atoms with Gasteiger partial charge in [0.25, 0.3) is 5.91 Å². The summed E-state index contributed by atoms with van der Waals surface area (Å²) in [6, 6.07) is 0. The molecule has 1 unspecified atom stereocenters. The number of carbonyl (C=O) groups excluding carboxylic acids is 5. The summed E-state index contributed by atoms with van der Waals surface area (Å²) in [5.74, 6) is -1.26. The zero-order chi connectivity index (χ0) is 19.6. The van der Waals surface area contributed by atoms with Gasteiger partial charge in [0.05, 0.1) is 6.42 Å². The lowest BCUT2D eigenvalue weighted by Crippen LogP contribution is -2.29. The van der Waals surface area contributed by atoms with Crippen molar-refractivity contribution in [1.29, 1.82) is 0 Å². The van der Waals surface area contributed by atoms with Crippen LogP contribution in [0.1, 0.15) is 20.3 Å². The number of likely N-dealkylation sites (N-methyl/N-ethyl adjacent to an activating group) is 1. The molecule has 0 aliphatic carbocycles. The molecule has 2 aliphatic rings. The Morgan fingerprint density at radius 2 is 1.84 bits per heavy atom. The van der Waals surface area contributed by atoms with Gasteiger partial charge in [-0.05, 0) is 0 Å². The van der Waals surface area contributed by atoms with Crippen LogP contribution in [-0.2, 0) is 33.4 Å². The number of nitrogens with one attached hydrogen (secondary N) is 1. The number of aliphatic imine (C=N–C) groups is 1. The van der Waals surface area contributed by atoms with Crippen molar-refractivity contribution in [2.45, 2.75) is 26.4 Å². The maximum absolute atomic E-state index is 11.1. The van der Waals surface area contributed by atoms with Gasteiger partial charge in [0.1, 0.15) is 0 Å². The number of likely N-dealkylation sites (tertiary alicyclic amines) is 1. The van der Waals surface area contributed by atoms with Gasteiger partial charge in [-0.3, -0.25) is 29.1 Å². The Kier molecular flexibility index (Phi) is 9.38. The van der Waals surface area contributed by atoms with Crippen molar-refractivity contribution >= 4 is 35.6 Å². The van der Waals surface area contributed by atoms with Crippen molar-refractivity contribution in [2.24, 2.45) is 4.99 Å². The van der Waals surface area contributed by atoms with E-state index in [1.54, 1.807) is 14.1 Å². The number of imide groups is 1. The van der Waals surface area contributed by atoms with E-state index < -0.39 is 18.0 Å². The lowest BCUT2D eigenvalue weighted by molar-refractivity contribution is -0.154. The van der Waals surface area contributed by atoms with Crippen molar-refractivity contribution < 1.29 is 33.4 Å². The maximum atomic E-state index is 11.1. The number of esters is 2. The number of ether oxygens (including phenoxy) is 2. The molecule has 0 aromatic rings. The molecule has 0 aromatic carbocycles. The van der Waals surface area contributed by atoms with E-state index in [1.165, 1.54) is 33.0 Å². The molecule has 3 amide bonds. The van der Waals surface area contributed by atoms with E-state index in [-0.39, 0.29) is 24.2 Å². The van der Waals surface area contributed by atoms with E-state index in [0.29, 0.717) is 5.90 Å². The zero-order valence-electron chi connectivity index (χ0n) is 14.7. The summed E-state index contributed by atoms with van der Waals surface area (Å²) in [7, 11) is 4.54. The van der Waals surface area contributed by atoms with Crippen LogP contribution < -0.4 is 5.32 Å². The number of hydrogen-bond donors (Lipinski definition) is 1. The van der Waals surface area contributed by atoms with Crippen LogP contribution in [-0.4, -0.2) is 67.7 Å². The van der Waals surface area contributed by atoms with Gasteiger partial charge in [-0.1, -0.05) is 0 Å². The van der Waals surface area contributed by atoms with Crippen molar-refractivity contribution in [1.82, 2.24) is 10.2 Å². The molecular formula is C15H21N3O7. The highest BCUT2D eigenvalue weighted by Gasteiger charge is 2.38. The monoisotopic (exact) mass is 355 g/mol. The molecule has 1 saturated heterocycles. The minimum atomic E-state index is -0.903. The van der Waals surface area contributed by atoms with E-state index in [2.05, 4.69) is 19.8 Å². The van der Waals surface area contributed by atoms with Crippen molar-refractivity contribution in [2.75, 3.05) is 21.1 Å². The van der Waals surface area contributed by atoms with Gasteiger partial charge in [-0.15, -0.1) is 0 Å². The van der Waals surface area contributed by atoms with Gasteiger partial charge in [0.15, 0.2) is 6.10 Å². The third-order valence-electron chi connectivity index (χ3n) is 2.79. The summed E-state index contributed by atoms with van der Waals surface area (Å²) in [6.07, 6.45) is 1.93. The molecule has 2 aliphatic heterocycles. The Hall–Kier alpha value is -3.04. The van der Waals surface area contributed by atoms with Crippen molar-refractivity contribution in [3.8, 4) is 0 Å². The summed E-state index contributed by atoms with van der Waals surface area (Å²) < 4.78 is 9.12. The Labute approximate surface area is 144 Å². The highest BCUT2D eigenvalue weighted by Crippen LogP contribution is 2.13. The van der Waals surface area contributed by atoms with E-state index in [9.17, 15) is 24.0 Å². The molecule has 10 nitrogen and oxygen atoms in total. The smallest absolute Gasteiger partial charge is 0.337 e. The van der Waals surface area contributed by atoms with Crippen molar-refractivity contribution in [3.63, 3.8) is 0 Å². The van der Waals surface area contributed by atoms with Crippen molar-refractivity contribution in [3.05, 3.63) is 12.2 Å². The third-order valence-corrected chi connectivity index (χ3v) is 2.79. The fraction of sp³-hybridized carbons (Fsp3) is 0.467. The Bertz CT molecular complexity index is 608. The van der Waals surface area contributed by atoms with Gasteiger partial charge in [-0.2, -0.15) is 0 Å². The van der Waals surface area contributed by atoms with Gasteiger partial charge >= 0.3 is 11.9 Å². The van der Waals surface area contributed by atoms with Gasteiger partial charge < -0.3 is 14.8 Å². The summed E-state index contributed by atoms with van der Waals surface area (Å²) in [4.78, 5) is 56.9. The van der Waals surface area contributed by atoms with Gasteiger partial charge in [-0.25, -0.2) is 4.79 Å². The van der Waals surface area contributed by atoms with Crippen LogP contribution >= 0.6 is 0 Å². The van der Waals surface area contributed by atoms with E-state index in [0.717, 1.165) is 4.90 Å². The standard InChI is InChI=1S/C7H9NO4.C5H5NO2.C3H7NO/c1-4(9)12-5-3-6(10)8(2)7(5)11;1-6-4-2-3-5(7)8-4;1-3(5)4-2/h5H,3H2,1-2H3;2-3H,1H3;1-2H3,(H,4,5). The van der Waals surface area contributed by atoms with Gasteiger partial charge in [0, 0.05) is 47.1 Å². The molecule has 0 radical (unpaired) electrons. The molecule has 1 atom stereocenters. The van der Waals surface area contributed by atoms with Crippen LogP contribution in [0, 0.1) is 0 Å². The molecule has 2 rings (SSSR count). The SMILES string of the molecule is CC(=O)OC1CC(=O)N(C)C1=O.CN=C1C=CC(=O)O1.CNC(C)=O. The van der Waals surface area contributed by atoms with Crippen LogP contribution in [0.25, 0.3) is 0 Å². The largest absolute Gasteiger partial charge is 0.452 e. The maximum Gasteiger partial charge on any atom is 0.337 e. The van der Waals surface area contributed by atoms with E-state index in [1.807, 2.05) is 0 Å². The summed E-state index contributed by atoms with van der Waals surface area (Å²) in [5.41, 5.74) is 0. The molecule has 1 fully saturated rings. The summed E-state index contributed by atoms with van der Waals surface area (Å²) in [5, 5.41) is 2.39. The second-order valence-electron chi connectivity index (χ2n) is 4.72. The predicted octanol–water partition coefficient (Wildman–Crippen LogP) is -0.813. The number of cyclic esters (lactones) is 1. The second-order valence-corrected chi connectivity index (χ2v) is 4.72. The Morgan fingerprint density at radius 3 is 2.08 bits per heavy atom.